The molecule has 0 spiro atoms. The zero-order valence-corrected chi connectivity index (χ0v) is 17.3. The van der Waals surface area contributed by atoms with E-state index < -0.39 is 0 Å². The molecule has 150 valence electrons. The molecule has 1 saturated heterocycles. The minimum atomic E-state index is -0.182. The normalized spacial score (nSPS) is 16.7. The second-order valence-corrected chi connectivity index (χ2v) is 8.10. The number of nitrogens with zero attached hydrogens (tertiary/aromatic N) is 2. The van der Waals surface area contributed by atoms with Gasteiger partial charge in [-0.25, -0.2) is 4.39 Å². The molecule has 0 bridgehead atoms. The van der Waals surface area contributed by atoms with Crippen LogP contribution in [0.15, 0.2) is 72.8 Å². The van der Waals surface area contributed by atoms with Crippen LogP contribution in [-0.4, -0.2) is 36.0 Å². The molecule has 1 unspecified atom stereocenters. The second kappa shape index (κ2) is 8.89. The lowest BCUT2D eigenvalue weighted by Crippen LogP contribution is -2.47. The third-order valence-corrected chi connectivity index (χ3v) is 6.05. The summed E-state index contributed by atoms with van der Waals surface area (Å²) in [6.45, 7) is 9.43. The van der Waals surface area contributed by atoms with Crippen molar-refractivity contribution in [3.63, 3.8) is 0 Å². The monoisotopic (exact) mass is 388 g/mol. The maximum absolute atomic E-state index is 13.5. The highest BCUT2D eigenvalue weighted by molar-refractivity contribution is 5.32. The van der Waals surface area contributed by atoms with E-state index in [1.807, 2.05) is 18.2 Å². The van der Waals surface area contributed by atoms with Crippen molar-refractivity contribution in [1.29, 1.82) is 0 Å². The van der Waals surface area contributed by atoms with Gasteiger partial charge < -0.3 is 0 Å². The summed E-state index contributed by atoms with van der Waals surface area (Å²) in [5.74, 6) is -0.182. The van der Waals surface area contributed by atoms with E-state index in [1.165, 1.54) is 22.3 Å². The van der Waals surface area contributed by atoms with Crippen molar-refractivity contribution in [3.05, 3.63) is 106 Å². The Labute approximate surface area is 173 Å². The molecule has 2 nitrogen and oxygen atoms in total. The largest absolute Gasteiger partial charge is 0.297 e. The zero-order valence-electron chi connectivity index (χ0n) is 17.3. The molecular formula is C26H29FN2. The molecule has 1 atom stereocenters. The standard InChI is InChI=1S/C26H29FN2/c1-20-8-9-22(18-21(20)2)19-28-14-16-29(17-15-28)26(23-6-4-3-5-7-23)24-10-12-25(27)13-11-24/h3-13,18,26H,14-17,19H2,1-2H3. The van der Waals surface area contributed by atoms with Gasteiger partial charge in [-0.05, 0) is 53.8 Å². The lowest BCUT2D eigenvalue weighted by molar-refractivity contribution is 0.105. The summed E-state index contributed by atoms with van der Waals surface area (Å²) in [7, 11) is 0. The van der Waals surface area contributed by atoms with Crippen molar-refractivity contribution in [3.8, 4) is 0 Å². The smallest absolute Gasteiger partial charge is 0.123 e. The number of halogens is 1. The van der Waals surface area contributed by atoms with Crippen LogP contribution in [-0.2, 0) is 6.54 Å². The predicted molar refractivity (Wildman–Crippen MR) is 117 cm³/mol. The fraction of sp³-hybridized carbons (Fsp3) is 0.308. The highest BCUT2D eigenvalue weighted by Crippen LogP contribution is 2.30. The molecule has 0 aliphatic carbocycles. The van der Waals surface area contributed by atoms with Crippen LogP contribution in [0.4, 0.5) is 4.39 Å². The highest BCUT2D eigenvalue weighted by Gasteiger charge is 2.26. The van der Waals surface area contributed by atoms with E-state index >= 15 is 0 Å². The minimum absolute atomic E-state index is 0.167. The van der Waals surface area contributed by atoms with Crippen molar-refractivity contribution in [2.24, 2.45) is 0 Å². The summed E-state index contributed by atoms with van der Waals surface area (Å²) < 4.78 is 13.5. The molecule has 0 amide bonds. The summed E-state index contributed by atoms with van der Waals surface area (Å²) in [5.41, 5.74) is 6.52. The van der Waals surface area contributed by atoms with Crippen LogP contribution >= 0.6 is 0 Å². The van der Waals surface area contributed by atoms with Gasteiger partial charge >= 0.3 is 0 Å². The van der Waals surface area contributed by atoms with Gasteiger partial charge in [0.05, 0.1) is 6.04 Å². The van der Waals surface area contributed by atoms with Crippen molar-refractivity contribution >= 4 is 0 Å². The third kappa shape index (κ3) is 4.75. The number of piperazine rings is 1. The van der Waals surface area contributed by atoms with Crippen molar-refractivity contribution in [2.45, 2.75) is 26.4 Å². The SMILES string of the molecule is Cc1ccc(CN2CCN(C(c3ccccc3)c3ccc(F)cc3)CC2)cc1C. The van der Waals surface area contributed by atoms with E-state index in [0.717, 1.165) is 38.3 Å². The number of aryl methyl sites for hydroxylation is 2. The van der Waals surface area contributed by atoms with Gasteiger partial charge in [0.1, 0.15) is 5.82 Å². The molecule has 29 heavy (non-hydrogen) atoms. The lowest BCUT2D eigenvalue weighted by Gasteiger charge is -2.40. The average molecular weight is 389 g/mol. The molecule has 1 heterocycles. The Morgan fingerprint density at radius 2 is 1.41 bits per heavy atom. The first-order chi connectivity index (χ1) is 14.1. The van der Waals surface area contributed by atoms with E-state index in [4.69, 9.17) is 0 Å². The van der Waals surface area contributed by atoms with Gasteiger partial charge in [-0.3, -0.25) is 9.80 Å². The first-order valence-electron chi connectivity index (χ1n) is 10.4. The van der Waals surface area contributed by atoms with Gasteiger partial charge in [-0.1, -0.05) is 60.7 Å². The van der Waals surface area contributed by atoms with Gasteiger partial charge in [0.2, 0.25) is 0 Å². The van der Waals surface area contributed by atoms with Gasteiger partial charge in [-0.15, -0.1) is 0 Å². The quantitative estimate of drug-likeness (QED) is 0.581. The summed E-state index contributed by atoms with van der Waals surface area (Å²) in [6.07, 6.45) is 0. The predicted octanol–water partition coefficient (Wildman–Crippen LogP) is 5.35. The van der Waals surface area contributed by atoms with Gasteiger partial charge in [0.25, 0.3) is 0 Å². The summed E-state index contributed by atoms with van der Waals surface area (Å²) in [4.78, 5) is 5.06. The van der Waals surface area contributed by atoms with Crippen LogP contribution < -0.4 is 0 Å². The molecule has 0 radical (unpaired) electrons. The molecule has 3 heteroatoms. The van der Waals surface area contributed by atoms with Crippen LogP contribution in [0.5, 0.6) is 0 Å². The van der Waals surface area contributed by atoms with Crippen LogP contribution in [0.1, 0.15) is 33.9 Å². The molecule has 4 rings (SSSR count). The molecule has 3 aromatic rings. The van der Waals surface area contributed by atoms with Crippen LogP contribution in [0.2, 0.25) is 0 Å². The number of benzene rings is 3. The van der Waals surface area contributed by atoms with Crippen LogP contribution in [0.3, 0.4) is 0 Å². The van der Waals surface area contributed by atoms with Gasteiger partial charge in [-0.2, -0.15) is 0 Å². The topological polar surface area (TPSA) is 6.48 Å². The number of hydrogen-bond acceptors (Lipinski definition) is 2. The number of rotatable bonds is 5. The summed E-state index contributed by atoms with van der Waals surface area (Å²) in [5, 5.41) is 0. The second-order valence-electron chi connectivity index (χ2n) is 8.10. The Hall–Kier alpha value is -2.49. The first kappa shape index (κ1) is 19.8. The minimum Gasteiger partial charge on any atom is -0.297 e. The molecule has 0 aromatic heterocycles. The van der Waals surface area contributed by atoms with Gasteiger partial charge in [0.15, 0.2) is 0 Å². The van der Waals surface area contributed by atoms with Crippen molar-refractivity contribution in [1.82, 2.24) is 9.80 Å². The van der Waals surface area contributed by atoms with E-state index in [-0.39, 0.29) is 11.9 Å². The summed E-state index contributed by atoms with van der Waals surface area (Å²) in [6, 6.07) is 24.5. The molecule has 0 saturated carbocycles. The fourth-order valence-electron chi connectivity index (χ4n) is 4.23. The number of hydrogen-bond donors (Lipinski definition) is 0. The van der Waals surface area contributed by atoms with Crippen molar-refractivity contribution < 1.29 is 4.39 Å². The Kier molecular flexibility index (Phi) is 6.08. The van der Waals surface area contributed by atoms with Crippen LogP contribution in [0.25, 0.3) is 0 Å². The fourth-order valence-corrected chi connectivity index (χ4v) is 4.23. The van der Waals surface area contributed by atoms with E-state index in [0.29, 0.717) is 0 Å². The zero-order chi connectivity index (χ0) is 20.2. The lowest BCUT2D eigenvalue weighted by atomic mass is 9.96. The Morgan fingerprint density at radius 3 is 2.07 bits per heavy atom. The van der Waals surface area contributed by atoms with Gasteiger partial charge in [0, 0.05) is 32.7 Å². The maximum Gasteiger partial charge on any atom is 0.123 e. The van der Waals surface area contributed by atoms with E-state index in [9.17, 15) is 4.39 Å². The maximum atomic E-state index is 13.5. The van der Waals surface area contributed by atoms with E-state index in [2.05, 4.69) is 66.1 Å². The highest BCUT2D eigenvalue weighted by atomic mass is 19.1. The van der Waals surface area contributed by atoms with Crippen molar-refractivity contribution in [2.75, 3.05) is 26.2 Å². The summed E-state index contributed by atoms with van der Waals surface area (Å²) >= 11 is 0. The Morgan fingerprint density at radius 1 is 0.759 bits per heavy atom. The molecule has 0 N–H and O–H groups in total. The Bertz CT molecular complexity index is 929. The average Bonchev–Trinajstić information content (AvgIpc) is 2.74. The molecular weight excluding hydrogens is 359 g/mol. The van der Waals surface area contributed by atoms with E-state index in [1.54, 1.807) is 12.1 Å². The molecule has 3 aromatic carbocycles. The molecule has 1 fully saturated rings. The molecule has 1 aliphatic heterocycles. The first-order valence-corrected chi connectivity index (χ1v) is 10.4. The third-order valence-electron chi connectivity index (χ3n) is 6.05. The molecule has 1 aliphatic rings. The Balaban J connectivity index is 1.48. The van der Waals surface area contributed by atoms with Crippen LogP contribution in [0, 0.1) is 19.7 Å².